The highest BCUT2D eigenvalue weighted by molar-refractivity contribution is 5.67. The fourth-order valence-corrected chi connectivity index (χ4v) is 3.75. The van der Waals surface area contributed by atoms with Gasteiger partial charge in [-0.15, -0.1) is 0 Å². The molecular formula is C14H25NO3. The molecule has 4 nitrogen and oxygen atoms in total. The fourth-order valence-electron chi connectivity index (χ4n) is 3.75. The molecule has 104 valence electrons. The molecule has 2 aliphatic rings. The number of rotatable bonds is 7. The Hall–Kier alpha value is -0.610. The van der Waals surface area contributed by atoms with Crippen LogP contribution in [0.1, 0.15) is 51.4 Å². The van der Waals surface area contributed by atoms with Gasteiger partial charge in [-0.05, 0) is 57.4 Å². The van der Waals surface area contributed by atoms with Crippen molar-refractivity contribution in [3.63, 3.8) is 0 Å². The van der Waals surface area contributed by atoms with Crippen LogP contribution >= 0.6 is 0 Å². The Morgan fingerprint density at radius 3 is 2.33 bits per heavy atom. The Morgan fingerprint density at radius 1 is 1.11 bits per heavy atom. The van der Waals surface area contributed by atoms with E-state index in [9.17, 15) is 4.79 Å². The quantitative estimate of drug-likeness (QED) is 0.682. The third kappa shape index (κ3) is 3.45. The van der Waals surface area contributed by atoms with Crippen LogP contribution in [0.4, 0.5) is 0 Å². The van der Waals surface area contributed by atoms with Gasteiger partial charge < -0.3 is 10.2 Å². The van der Waals surface area contributed by atoms with Gasteiger partial charge >= 0.3 is 5.97 Å². The van der Waals surface area contributed by atoms with E-state index >= 15 is 0 Å². The van der Waals surface area contributed by atoms with Crippen LogP contribution in [0.15, 0.2) is 0 Å². The molecule has 4 heteroatoms. The first-order valence-electron chi connectivity index (χ1n) is 7.29. The van der Waals surface area contributed by atoms with E-state index < -0.39 is 5.97 Å². The molecule has 2 fully saturated rings. The Balaban J connectivity index is 1.77. The van der Waals surface area contributed by atoms with Gasteiger partial charge in [-0.3, -0.25) is 9.69 Å². The number of carboxylic acid groups (broad SMARTS) is 1. The van der Waals surface area contributed by atoms with Crippen molar-refractivity contribution in [3.8, 4) is 0 Å². The highest BCUT2D eigenvalue weighted by Crippen LogP contribution is 2.39. The lowest BCUT2D eigenvalue weighted by Crippen LogP contribution is -2.43. The number of fused-ring (bicyclic) bond motifs is 2. The summed E-state index contributed by atoms with van der Waals surface area (Å²) in [4.78, 5) is 13.4. The summed E-state index contributed by atoms with van der Waals surface area (Å²) in [6, 6.07) is 1.25. The van der Waals surface area contributed by atoms with Crippen molar-refractivity contribution in [3.05, 3.63) is 0 Å². The third-order valence-electron chi connectivity index (χ3n) is 4.52. The molecule has 2 unspecified atom stereocenters. The van der Waals surface area contributed by atoms with Crippen molar-refractivity contribution in [1.82, 2.24) is 4.90 Å². The number of nitrogens with zero attached hydrogens (tertiary/aromatic N) is 1. The smallest absolute Gasteiger partial charge is 0.303 e. The van der Waals surface area contributed by atoms with Crippen molar-refractivity contribution in [2.75, 3.05) is 13.2 Å². The van der Waals surface area contributed by atoms with Gasteiger partial charge in [-0.2, -0.15) is 0 Å². The van der Waals surface area contributed by atoms with Gasteiger partial charge in [-0.25, -0.2) is 0 Å². The molecule has 2 heterocycles. The van der Waals surface area contributed by atoms with Crippen LogP contribution in [-0.4, -0.2) is 46.3 Å². The lowest BCUT2D eigenvalue weighted by atomic mass is 9.88. The molecule has 0 aromatic rings. The Bertz CT molecular complexity index is 268. The van der Waals surface area contributed by atoms with Crippen molar-refractivity contribution in [2.24, 2.45) is 5.92 Å². The van der Waals surface area contributed by atoms with Gasteiger partial charge in [0.05, 0.1) is 0 Å². The molecule has 0 amide bonds. The number of unbranched alkanes of at least 4 members (excludes halogenated alkanes) is 2. The van der Waals surface area contributed by atoms with Crippen LogP contribution in [0.25, 0.3) is 0 Å². The van der Waals surface area contributed by atoms with Crippen LogP contribution in [0.5, 0.6) is 0 Å². The van der Waals surface area contributed by atoms with E-state index in [-0.39, 0.29) is 0 Å². The SMILES string of the molecule is O=C(O)CC1CC2CCC(C1)N2CCCCCO. The van der Waals surface area contributed by atoms with Crippen LogP contribution in [0.2, 0.25) is 0 Å². The van der Waals surface area contributed by atoms with Gasteiger partial charge in [0.1, 0.15) is 0 Å². The molecular weight excluding hydrogens is 230 g/mol. The van der Waals surface area contributed by atoms with Gasteiger partial charge in [0.2, 0.25) is 0 Å². The molecule has 0 aromatic carbocycles. The van der Waals surface area contributed by atoms with E-state index in [0.717, 1.165) is 38.6 Å². The Kier molecular flexibility index (Phi) is 5.01. The lowest BCUT2D eigenvalue weighted by Gasteiger charge is -2.38. The second kappa shape index (κ2) is 6.53. The van der Waals surface area contributed by atoms with E-state index in [4.69, 9.17) is 10.2 Å². The average molecular weight is 255 g/mol. The van der Waals surface area contributed by atoms with E-state index in [0.29, 0.717) is 31.0 Å². The van der Waals surface area contributed by atoms with Gasteiger partial charge in [-0.1, -0.05) is 0 Å². The topological polar surface area (TPSA) is 60.8 Å². The van der Waals surface area contributed by atoms with Crippen LogP contribution < -0.4 is 0 Å². The van der Waals surface area contributed by atoms with Gasteiger partial charge in [0, 0.05) is 25.1 Å². The number of aliphatic hydroxyl groups is 1. The first-order chi connectivity index (χ1) is 8.70. The Labute approximate surface area is 109 Å². The minimum atomic E-state index is -0.643. The molecule has 2 saturated heterocycles. The maximum Gasteiger partial charge on any atom is 0.303 e. The maximum atomic E-state index is 10.8. The number of aliphatic hydroxyl groups excluding tert-OH is 1. The molecule has 0 aliphatic carbocycles. The second-order valence-electron chi connectivity index (χ2n) is 5.84. The standard InChI is InChI=1S/C14H25NO3/c16-7-3-1-2-6-15-12-4-5-13(15)9-11(8-12)10-14(17)18/h11-13,16H,1-10H2,(H,17,18). The normalized spacial score (nSPS) is 31.7. The number of carbonyl (C=O) groups is 1. The number of hydrogen-bond acceptors (Lipinski definition) is 3. The minimum Gasteiger partial charge on any atom is -0.481 e. The van der Waals surface area contributed by atoms with E-state index in [1.807, 2.05) is 0 Å². The van der Waals surface area contributed by atoms with E-state index in [1.165, 1.54) is 12.8 Å². The monoisotopic (exact) mass is 255 g/mol. The van der Waals surface area contributed by atoms with E-state index in [2.05, 4.69) is 4.90 Å². The molecule has 2 bridgehead atoms. The summed E-state index contributed by atoms with van der Waals surface area (Å²) in [7, 11) is 0. The number of carboxylic acids is 1. The zero-order valence-electron chi connectivity index (χ0n) is 11.1. The van der Waals surface area contributed by atoms with Crippen LogP contribution in [0, 0.1) is 5.92 Å². The number of hydrogen-bond donors (Lipinski definition) is 2. The largest absolute Gasteiger partial charge is 0.481 e. The number of piperidine rings is 1. The summed E-state index contributed by atoms with van der Waals surface area (Å²) in [6.45, 7) is 1.43. The first kappa shape index (κ1) is 13.8. The predicted molar refractivity (Wildman–Crippen MR) is 69.4 cm³/mol. The summed E-state index contributed by atoms with van der Waals surface area (Å²) in [5.41, 5.74) is 0. The maximum absolute atomic E-state index is 10.8. The molecule has 2 atom stereocenters. The van der Waals surface area contributed by atoms with Crippen molar-refractivity contribution in [2.45, 2.75) is 63.5 Å². The zero-order valence-corrected chi connectivity index (χ0v) is 11.1. The molecule has 0 radical (unpaired) electrons. The average Bonchev–Trinajstić information content (AvgIpc) is 2.56. The summed E-state index contributed by atoms with van der Waals surface area (Å²) in [6.07, 6.45) is 8.17. The molecule has 2 N–H and O–H groups in total. The summed E-state index contributed by atoms with van der Waals surface area (Å²) >= 11 is 0. The fraction of sp³-hybridized carbons (Fsp3) is 0.929. The highest BCUT2D eigenvalue weighted by Gasteiger charge is 2.40. The van der Waals surface area contributed by atoms with Crippen molar-refractivity contribution in [1.29, 1.82) is 0 Å². The van der Waals surface area contributed by atoms with E-state index in [1.54, 1.807) is 0 Å². The molecule has 2 aliphatic heterocycles. The lowest BCUT2D eigenvalue weighted by molar-refractivity contribution is -0.138. The summed E-state index contributed by atoms with van der Waals surface area (Å²) in [5.74, 6) is -0.246. The summed E-state index contributed by atoms with van der Waals surface area (Å²) in [5, 5.41) is 17.7. The van der Waals surface area contributed by atoms with Gasteiger partial charge in [0.25, 0.3) is 0 Å². The van der Waals surface area contributed by atoms with Crippen LogP contribution in [0.3, 0.4) is 0 Å². The minimum absolute atomic E-state index is 0.299. The Morgan fingerprint density at radius 2 is 1.78 bits per heavy atom. The molecule has 18 heavy (non-hydrogen) atoms. The van der Waals surface area contributed by atoms with Crippen LogP contribution in [-0.2, 0) is 4.79 Å². The number of aliphatic carboxylic acids is 1. The highest BCUT2D eigenvalue weighted by atomic mass is 16.4. The molecule has 0 aromatic heterocycles. The molecule has 0 saturated carbocycles. The molecule has 0 spiro atoms. The third-order valence-corrected chi connectivity index (χ3v) is 4.52. The summed E-state index contributed by atoms with van der Waals surface area (Å²) < 4.78 is 0. The second-order valence-corrected chi connectivity index (χ2v) is 5.84. The van der Waals surface area contributed by atoms with Crippen molar-refractivity contribution >= 4 is 5.97 Å². The van der Waals surface area contributed by atoms with Crippen molar-refractivity contribution < 1.29 is 15.0 Å². The first-order valence-corrected chi connectivity index (χ1v) is 7.29. The van der Waals surface area contributed by atoms with Gasteiger partial charge in [0.15, 0.2) is 0 Å². The molecule has 2 rings (SSSR count). The zero-order chi connectivity index (χ0) is 13.0. The predicted octanol–water partition coefficient (Wildman–Crippen LogP) is 1.87.